The predicted molar refractivity (Wildman–Crippen MR) is 170 cm³/mol. The van der Waals surface area contributed by atoms with Crippen LogP contribution in [0, 0.1) is 6.92 Å². The predicted octanol–water partition coefficient (Wildman–Crippen LogP) is 5.54. The number of hydrogen-bond acceptors (Lipinski definition) is 6. The zero-order valence-electron chi connectivity index (χ0n) is 25.3. The summed E-state index contributed by atoms with van der Waals surface area (Å²) in [4.78, 5) is 28.4. The molecule has 0 saturated heterocycles. The Morgan fingerprint density at radius 2 is 1.48 bits per heavy atom. The second kappa shape index (κ2) is 14.6. The Balaban J connectivity index is 1.70. The second-order valence-electron chi connectivity index (χ2n) is 10.2. The fraction of sp³-hybridized carbons (Fsp3) is 0.235. The number of aryl methyl sites for hydroxylation is 1. The van der Waals surface area contributed by atoms with Crippen molar-refractivity contribution in [1.82, 2.24) is 10.2 Å². The van der Waals surface area contributed by atoms with Crippen LogP contribution in [0.2, 0.25) is 0 Å². The SMILES string of the molecule is CCNC(=O)[C@@H](C)N(Cc1cccc(OC)c1)C(=O)CN(c1ccc(Oc2ccccc2)cc1)S(=O)(=O)c1ccc(C)cc1. The number of sulfonamides is 1. The third-order valence-corrected chi connectivity index (χ3v) is 8.78. The average Bonchev–Trinajstić information content (AvgIpc) is 3.03. The fourth-order valence-corrected chi connectivity index (χ4v) is 5.96. The number of rotatable bonds is 13. The zero-order valence-corrected chi connectivity index (χ0v) is 26.1. The van der Waals surface area contributed by atoms with E-state index in [-0.39, 0.29) is 23.0 Å². The maximum Gasteiger partial charge on any atom is 0.264 e. The molecular formula is C34H37N3O6S. The Labute approximate surface area is 259 Å². The summed E-state index contributed by atoms with van der Waals surface area (Å²) in [5.74, 6) is 0.837. The molecular weight excluding hydrogens is 578 g/mol. The summed E-state index contributed by atoms with van der Waals surface area (Å²) in [6.45, 7) is 5.19. The number of para-hydroxylation sites is 1. The molecule has 4 aromatic carbocycles. The maximum absolute atomic E-state index is 14.1. The third-order valence-electron chi connectivity index (χ3n) is 7.00. The first-order valence-corrected chi connectivity index (χ1v) is 15.7. The van der Waals surface area contributed by atoms with Gasteiger partial charge in [0.05, 0.1) is 17.7 Å². The van der Waals surface area contributed by atoms with Crippen molar-refractivity contribution >= 4 is 27.5 Å². The molecule has 0 fully saturated rings. The van der Waals surface area contributed by atoms with Crippen molar-refractivity contribution in [2.75, 3.05) is 24.5 Å². The molecule has 0 bridgehead atoms. The van der Waals surface area contributed by atoms with Gasteiger partial charge in [0.25, 0.3) is 10.0 Å². The Bertz CT molecular complexity index is 1660. The van der Waals surface area contributed by atoms with E-state index in [9.17, 15) is 18.0 Å². The van der Waals surface area contributed by atoms with E-state index >= 15 is 0 Å². The van der Waals surface area contributed by atoms with Crippen LogP contribution in [0.3, 0.4) is 0 Å². The van der Waals surface area contributed by atoms with Gasteiger partial charge in [-0.1, -0.05) is 48.0 Å². The van der Waals surface area contributed by atoms with Crippen LogP contribution in [0.4, 0.5) is 5.69 Å². The van der Waals surface area contributed by atoms with Crippen LogP contribution in [0.25, 0.3) is 0 Å². The molecule has 10 heteroatoms. The Morgan fingerprint density at radius 1 is 0.841 bits per heavy atom. The highest BCUT2D eigenvalue weighted by Gasteiger charge is 2.32. The number of hydrogen-bond donors (Lipinski definition) is 1. The van der Waals surface area contributed by atoms with Crippen molar-refractivity contribution in [3.8, 4) is 17.2 Å². The van der Waals surface area contributed by atoms with Crippen LogP contribution in [0.1, 0.15) is 25.0 Å². The highest BCUT2D eigenvalue weighted by Crippen LogP contribution is 2.29. The van der Waals surface area contributed by atoms with E-state index in [0.29, 0.717) is 23.8 Å². The molecule has 0 spiro atoms. The molecule has 1 atom stereocenters. The summed E-state index contributed by atoms with van der Waals surface area (Å²) in [6.07, 6.45) is 0. The lowest BCUT2D eigenvalue weighted by molar-refractivity contribution is -0.139. The van der Waals surface area contributed by atoms with Crippen molar-refractivity contribution in [1.29, 1.82) is 0 Å². The van der Waals surface area contributed by atoms with Crippen molar-refractivity contribution in [2.45, 2.75) is 38.3 Å². The lowest BCUT2D eigenvalue weighted by atomic mass is 10.1. The molecule has 9 nitrogen and oxygen atoms in total. The number of benzene rings is 4. The summed E-state index contributed by atoms with van der Waals surface area (Å²) < 4.78 is 40.4. The number of likely N-dealkylation sites (N-methyl/N-ethyl adjacent to an activating group) is 1. The van der Waals surface area contributed by atoms with Crippen LogP contribution < -0.4 is 19.1 Å². The number of amides is 2. The van der Waals surface area contributed by atoms with E-state index in [4.69, 9.17) is 9.47 Å². The van der Waals surface area contributed by atoms with Gasteiger partial charge in [-0.3, -0.25) is 13.9 Å². The van der Waals surface area contributed by atoms with Gasteiger partial charge in [-0.15, -0.1) is 0 Å². The molecule has 4 rings (SSSR count). The number of carbonyl (C=O) groups is 2. The number of ether oxygens (including phenoxy) is 2. The zero-order chi connectivity index (χ0) is 31.7. The monoisotopic (exact) mass is 615 g/mol. The summed E-state index contributed by atoms with van der Waals surface area (Å²) >= 11 is 0. The van der Waals surface area contributed by atoms with Gasteiger partial charge in [-0.2, -0.15) is 0 Å². The smallest absolute Gasteiger partial charge is 0.264 e. The van der Waals surface area contributed by atoms with Crippen LogP contribution in [-0.4, -0.2) is 51.4 Å². The molecule has 0 heterocycles. The van der Waals surface area contributed by atoms with Crippen LogP contribution >= 0.6 is 0 Å². The summed E-state index contributed by atoms with van der Waals surface area (Å²) in [5.41, 5.74) is 1.89. The van der Waals surface area contributed by atoms with Gasteiger partial charge in [0.1, 0.15) is 29.8 Å². The van der Waals surface area contributed by atoms with E-state index in [2.05, 4.69) is 5.32 Å². The molecule has 0 saturated carbocycles. The molecule has 0 radical (unpaired) electrons. The highest BCUT2D eigenvalue weighted by molar-refractivity contribution is 7.92. The third kappa shape index (κ3) is 7.96. The molecule has 0 aromatic heterocycles. The van der Waals surface area contributed by atoms with Gasteiger partial charge < -0.3 is 19.7 Å². The Morgan fingerprint density at radius 3 is 2.11 bits per heavy atom. The van der Waals surface area contributed by atoms with Gasteiger partial charge in [0.2, 0.25) is 11.8 Å². The number of methoxy groups -OCH3 is 1. The Kier molecular flexibility index (Phi) is 10.6. The fourth-order valence-electron chi connectivity index (χ4n) is 4.54. The van der Waals surface area contributed by atoms with Crippen LogP contribution in [0.15, 0.2) is 108 Å². The summed E-state index contributed by atoms with van der Waals surface area (Å²) in [6, 6.07) is 28.4. The van der Waals surface area contributed by atoms with Crippen molar-refractivity contribution in [3.05, 3.63) is 114 Å². The van der Waals surface area contributed by atoms with E-state index in [1.54, 1.807) is 75.6 Å². The first-order chi connectivity index (χ1) is 21.1. The van der Waals surface area contributed by atoms with Crippen molar-refractivity contribution in [2.24, 2.45) is 0 Å². The quantitative estimate of drug-likeness (QED) is 0.212. The molecule has 0 aliphatic carbocycles. The molecule has 2 amide bonds. The standard InChI is InChI=1S/C34H37N3O6S/c1-5-35-34(39)26(3)36(23-27-10-9-13-31(22-27)42-4)33(38)24-37(44(40,41)32-20-14-25(2)15-21-32)28-16-18-30(19-17-28)43-29-11-7-6-8-12-29/h6-22,26H,5,23-24H2,1-4H3,(H,35,39)/t26-/m1/s1. The molecule has 0 unspecified atom stereocenters. The Hall–Kier alpha value is -4.83. The molecule has 230 valence electrons. The van der Waals surface area contributed by atoms with E-state index < -0.39 is 28.5 Å². The lowest BCUT2D eigenvalue weighted by Gasteiger charge is -2.32. The number of anilines is 1. The minimum absolute atomic E-state index is 0.0385. The molecule has 44 heavy (non-hydrogen) atoms. The topological polar surface area (TPSA) is 105 Å². The highest BCUT2D eigenvalue weighted by atomic mass is 32.2. The summed E-state index contributed by atoms with van der Waals surface area (Å²) in [5, 5.41) is 2.76. The lowest BCUT2D eigenvalue weighted by Crippen LogP contribution is -2.51. The first kappa shape index (κ1) is 32.1. The number of nitrogens with one attached hydrogen (secondary N) is 1. The van der Waals surface area contributed by atoms with E-state index in [0.717, 1.165) is 15.4 Å². The summed E-state index contributed by atoms with van der Waals surface area (Å²) in [7, 11) is -2.64. The normalized spacial score (nSPS) is 11.7. The molecule has 0 aliphatic heterocycles. The van der Waals surface area contributed by atoms with E-state index in [1.165, 1.54) is 17.0 Å². The maximum atomic E-state index is 14.1. The first-order valence-electron chi connectivity index (χ1n) is 14.2. The van der Waals surface area contributed by atoms with Gasteiger partial charge in [-0.25, -0.2) is 8.42 Å². The largest absolute Gasteiger partial charge is 0.497 e. The van der Waals surface area contributed by atoms with Crippen molar-refractivity contribution < 1.29 is 27.5 Å². The number of carbonyl (C=O) groups excluding carboxylic acids is 2. The van der Waals surface area contributed by atoms with Crippen LogP contribution in [0.5, 0.6) is 17.2 Å². The minimum atomic E-state index is -4.19. The van der Waals surface area contributed by atoms with Gasteiger partial charge in [0.15, 0.2) is 0 Å². The average molecular weight is 616 g/mol. The molecule has 0 aliphatic rings. The van der Waals surface area contributed by atoms with Gasteiger partial charge >= 0.3 is 0 Å². The van der Waals surface area contributed by atoms with Gasteiger partial charge in [0, 0.05) is 13.1 Å². The van der Waals surface area contributed by atoms with E-state index in [1.807, 2.05) is 43.3 Å². The number of nitrogens with zero attached hydrogens (tertiary/aromatic N) is 2. The molecule has 1 N–H and O–H groups in total. The molecule has 4 aromatic rings. The second-order valence-corrected chi connectivity index (χ2v) is 12.0. The van der Waals surface area contributed by atoms with Gasteiger partial charge in [-0.05, 0) is 87.0 Å². The van der Waals surface area contributed by atoms with Crippen LogP contribution in [-0.2, 0) is 26.2 Å². The van der Waals surface area contributed by atoms with Crippen molar-refractivity contribution in [3.63, 3.8) is 0 Å². The minimum Gasteiger partial charge on any atom is -0.497 e.